The molecule has 0 saturated heterocycles. The van der Waals surface area contributed by atoms with E-state index in [2.05, 4.69) is 10.3 Å². The third kappa shape index (κ3) is 4.89. The van der Waals surface area contributed by atoms with Gasteiger partial charge < -0.3 is 10.2 Å². The van der Waals surface area contributed by atoms with Gasteiger partial charge in [-0.15, -0.1) is 0 Å². The quantitative estimate of drug-likeness (QED) is 0.796. The summed E-state index contributed by atoms with van der Waals surface area (Å²) in [6, 6.07) is 3.15. The van der Waals surface area contributed by atoms with Crippen molar-refractivity contribution in [2.45, 2.75) is 39.7 Å². The van der Waals surface area contributed by atoms with Crippen LogP contribution in [0.2, 0.25) is 0 Å². The molecule has 1 atom stereocenters. The molecule has 0 fully saturated rings. The van der Waals surface area contributed by atoms with Crippen molar-refractivity contribution < 1.29 is 9.18 Å². The molecular weight excluding hydrogens is 257 g/mol. The molecule has 0 aromatic carbocycles. The number of carbonyl (C=O) groups is 1. The first kappa shape index (κ1) is 16.6. The number of pyridine rings is 1. The van der Waals surface area contributed by atoms with Crippen LogP contribution in [0.3, 0.4) is 0 Å². The van der Waals surface area contributed by atoms with E-state index < -0.39 is 0 Å². The van der Waals surface area contributed by atoms with Crippen LogP contribution in [0, 0.1) is 5.82 Å². The van der Waals surface area contributed by atoms with E-state index in [9.17, 15) is 9.18 Å². The largest absolute Gasteiger partial charge is 0.343 e. The fraction of sp³-hybridized carbons (Fsp3) is 0.600. The zero-order valence-corrected chi connectivity index (χ0v) is 12.5. The Bertz CT molecular complexity index is 404. The second-order valence-corrected chi connectivity index (χ2v) is 4.63. The Morgan fingerprint density at radius 1 is 1.35 bits per heavy atom. The van der Waals surface area contributed by atoms with Crippen molar-refractivity contribution in [2.75, 3.05) is 19.6 Å². The van der Waals surface area contributed by atoms with Gasteiger partial charge in [-0.25, -0.2) is 4.39 Å². The first-order chi connectivity index (χ1) is 9.62. The SMILES string of the molecule is CCC(NCCC(=O)N(CC)CC)c1ccc(F)cn1. The Hall–Kier alpha value is -1.49. The summed E-state index contributed by atoms with van der Waals surface area (Å²) in [5.41, 5.74) is 0.809. The van der Waals surface area contributed by atoms with Gasteiger partial charge in [-0.2, -0.15) is 0 Å². The van der Waals surface area contributed by atoms with Gasteiger partial charge in [0.25, 0.3) is 0 Å². The Balaban J connectivity index is 2.46. The predicted molar refractivity (Wildman–Crippen MR) is 77.8 cm³/mol. The summed E-state index contributed by atoms with van der Waals surface area (Å²) in [5.74, 6) is -0.176. The summed E-state index contributed by atoms with van der Waals surface area (Å²) in [6.45, 7) is 8.08. The molecule has 0 bridgehead atoms. The third-order valence-corrected chi connectivity index (χ3v) is 3.36. The van der Waals surface area contributed by atoms with Gasteiger partial charge in [0.15, 0.2) is 0 Å². The molecule has 0 saturated carbocycles. The summed E-state index contributed by atoms with van der Waals surface area (Å²) < 4.78 is 12.8. The summed E-state index contributed by atoms with van der Waals surface area (Å²) in [5, 5.41) is 3.31. The lowest BCUT2D eigenvalue weighted by Gasteiger charge is -2.20. The van der Waals surface area contributed by atoms with E-state index in [1.165, 1.54) is 12.3 Å². The van der Waals surface area contributed by atoms with Crippen molar-refractivity contribution in [3.8, 4) is 0 Å². The number of aromatic nitrogens is 1. The van der Waals surface area contributed by atoms with E-state index in [-0.39, 0.29) is 17.8 Å². The van der Waals surface area contributed by atoms with E-state index in [0.29, 0.717) is 13.0 Å². The minimum Gasteiger partial charge on any atom is -0.343 e. The van der Waals surface area contributed by atoms with Gasteiger partial charge in [0.1, 0.15) is 5.82 Å². The molecule has 1 N–H and O–H groups in total. The maximum absolute atomic E-state index is 12.8. The van der Waals surface area contributed by atoms with E-state index in [1.807, 2.05) is 25.7 Å². The maximum atomic E-state index is 12.8. The van der Waals surface area contributed by atoms with Crippen LogP contribution in [0.4, 0.5) is 4.39 Å². The first-order valence-electron chi connectivity index (χ1n) is 7.24. The third-order valence-electron chi connectivity index (χ3n) is 3.36. The molecule has 1 amide bonds. The lowest BCUT2D eigenvalue weighted by molar-refractivity contribution is -0.130. The summed E-state index contributed by atoms with van der Waals surface area (Å²) >= 11 is 0. The molecule has 0 aliphatic heterocycles. The number of carbonyl (C=O) groups excluding carboxylic acids is 1. The van der Waals surface area contributed by atoms with Crippen LogP contribution < -0.4 is 5.32 Å². The first-order valence-corrected chi connectivity index (χ1v) is 7.24. The van der Waals surface area contributed by atoms with Gasteiger partial charge >= 0.3 is 0 Å². The molecule has 112 valence electrons. The summed E-state index contributed by atoms with van der Waals surface area (Å²) in [6.07, 6.45) is 2.54. The molecular formula is C15H24FN3O. The van der Waals surface area contributed by atoms with Crippen molar-refractivity contribution in [1.82, 2.24) is 15.2 Å². The average molecular weight is 281 g/mol. The molecule has 0 spiro atoms. The van der Waals surface area contributed by atoms with Crippen LogP contribution in [-0.4, -0.2) is 35.4 Å². The van der Waals surface area contributed by atoms with Gasteiger partial charge in [-0.1, -0.05) is 6.92 Å². The molecule has 1 aromatic rings. The highest BCUT2D eigenvalue weighted by molar-refractivity contribution is 5.76. The number of amides is 1. The smallest absolute Gasteiger partial charge is 0.223 e. The Morgan fingerprint density at radius 2 is 2.05 bits per heavy atom. The highest BCUT2D eigenvalue weighted by atomic mass is 19.1. The van der Waals surface area contributed by atoms with Gasteiger partial charge in [0, 0.05) is 32.1 Å². The maximum Gasteiger partial charge on any atom is 0.223 e. The highest BCUT2D eigenvalue weighted by Crippen LogP contribution is 2.14. The molecule has 0 aliphatic rings. The van der Waals surface area contributed by atoms with Crippen LogP contribution >= 0.6 is 0 Å². The monoisotopic (exact) mass is 281 g/mol. The Morgan fingerprint density at radius 3 is 2.55 bits per heavy atom. The Kier molecular flexibility index (Phi) is 7.15. The molecule has 5 heteroatoms. The lowest BCUT2D eigenvalue weighted by Crippen LogP contribution is -2.33. The Labute approximate surface area is 120 Å². The molecule has 0 radical (unpaired) electrons. The molecule has 4 nitrogen and oxygen atoms in total. The summed E-state index contributed by atoms with van der Waals surface area (Å²) in [7, 11) is 0. The van der Waals surface area contributed by atoms with Crippen LogP contribution in [0.5, 0.6) is 0 Å². The number of rotatable bonds is 8. The fourth-order valence-electron chi connectivity index (χ4n) is 2.14. The minimum absolute atomic E-state index is 0.0557. The number of halogens is 1. The number of nitrogens with one attached hydrogen (secondary N) is 1. The van der Waals surface area contributed by atoms with Gasteiger partial charge in [-0.05, 0) is 32.4 Å². The van der Waals surface area contributed by atoms with Crippen molar-refractivity contribution in [3.05, 3.63) is 29.8 Å². The minimum atomic E-state index is -0.333. The molecule has 1 heterocycles. The second-order valence-electron chi connectivity index (χ2n) is 4.63. The van der Waals surface area contributed by atoms with E-state index in [4.69, 9.17) is 0 Å². The molecule has 0 aliphatic carbocycles. The van der Waals surface area contributed by atoms with Crippen molar-refractivity contribution >= 4 is 5.91 Å². The lowest BCUT2D eigenvalue weighted by atomic mass is 10.1. The van der Waals surface area contributed by atoms with Crippen LogP contribution in [0.25, 0.3) is 0 Å². The van der Waals surface area contributed by atoms with Gasteiger partial charge in [0.05, 0.1) is 11.9 Å². The van der Waals surface area contributed by atoms with E-state index >= 15 is 0 Å². The van der Waals surface area contributed by atoms with Gasteiger partial charge in [0.2, 0.25) is 5.91 Å². The van der Waals surface area contributed by atoms with Crippen molar-refractivity contribution in [1.29, 1.82) is 0 Å². The molecule has 20 heavy (non-hydrogen) atoms. The molecule has 1 rings (SSSR count). The second kappa shape index (κ2) is 8.64. The van der Waals surface area contributed by atoms with Crippen molar-refractivity contribution in [2.24, 2.45) is 0 Å². The highest BCUT2D eigenvalue weighted by Gasteiger charge is 2.13. The topological polar surface area (TPSA) is 45.2 Å². The van der Waals surface area contributed by atoms with Gasteiger partial charge in [-0.3, -0.25) is 9.78 Å². The summed E-state index contributed by atoms with van der Waals surface area (Å²) in [4.78, 5) is 17.8. The normalized spacial score (nSPS) is 12.2. The zero-order chi connectivity index (χ0) is 15.0. The zero-order valence-electron chi connectivity index (χ0n) is 12.5. The van der Waals surface area contributed by atoms with Crippen molar-refractivity contribution in [3.63, 3.8) is 0 Å². The van der Waals surface area contributed by atoms with E-state index in [0.717, 1.165) is 25.2 Å². The molecule has 1 unspecified atom stereocenters. The fourth-order valence-corrected chi connectivity index (χ4v) is 2.14. The number of hydrogen-bond donors (Lipinski definition) is 1. The number of nitrogens with zero attached hydrogens (tertiary/aromatic N) is 2. The number of hydrogen-bond acceptors (Lipinski definition) is 3. The standard InChI is InChI=1S/C15H24FN3O/c1-4-13(14-8-7-12(16)11-18-14)17-10-9-15(20)19(5-2)6-3/h7-8,11,13,17H,4-6,9-10H2,1-3H3. The molecule has 1 aromatic heterocycles. The average Bonchev–Trinajstić information content (AvgIpc) is 2.46. The van der Waals surface area contributed by atoms with Crippen LogP contribution in [0.1, 0.15) is 45.3 Å². The van der Waals surface area contributed by atoms with Crippen LogP contribution in [-0.2, 0) is 4.79 Å². The van der Waals surface area contributed by atoms with Crippen LogP contribution in [0.15, 0.2) is 18.3 Å². The predicted octanol–water partition coefficient (Wildman–Crippen LogP) is 2.52. The van der Waals surface area contributed by atoms with E-state index in [1.54, 1.807) is 6.07 Å².